The van der Waals surface area contributed by atoms with Crippen molar-refractivity contribution in [1.82, 2.24) is 5.32 Å². The molecule has 21 heavy (non-hydrogen) atoms. The van der Waals surface area contributed by atoms with Gasteiger partial charge in [0.25, 0.3) is 0 Å². The second-order valence-electron chi connectivity index (χ2n) is 4.07. The predicted octanol–water partition coefficient (Wildman–Crippen LogP) is 4.31. The van der Waals surface area contributed by atoms with Crippen LogP contribution >= 0.6 is 35.6 Å². The van der Waals surface area contributed by atoms with Gasteiger partial charge in [0.15, 0.2) is 5.11 Å². The Morgan fingerprint density at radius 3 is 2.62 bits per heavy atom. The number of hydrogen-bond donors (Lipinski definition) is 2. The molecule has 0 aromatic heterocycles. The summed E-state index contributed by atoms with van der Waals surface area (Å²) in [6.45, 7) is 1.95. The molecule has 0 spiro atoms. The molecule has 0 aliphatic heterocycles. The summed E-state index contributed by atoms with van der Waals surface area (Å²) in [5.41, 5.74) is 0.462. The maximum atomic E-state index is 13.8. The zero-order chi connectivity index (χ0) is 16.0. The van der Waals surface area contributed by atoms with Crippen LogP contribution in [0.1, 0.15) is 5.56 Å². The fraction of sp³-hybridized carbons (Fsp3) is 0.417. The van der Waals surface area contributed by atoms with Gasteiger partial charge in [-0.1, -0.05) is 0 Å². The summed E-state index contributed by atoms with van der Waals surface area (Å²) in [5.74, 6) is -1.29. The zero-order valence-electron chi connectivity index (χ0n) is 11.0. The first-order chi connectivity index (χ1) is 9.73. The third-order valence-corrected chi connectivity index (χ3v) is 3.94. The largest absolute Gasteiger partial charge is 0.398 e. The molecule has 0 aliphatic rings. The lowest BCUT2D eigenvalue weighted by Crippen LogP contribution is -2.30. The number of thiocarbonyl (C=S) groups is 1. The lowest BCUT2D eigenvalue weighted by molar-refractivity contribution is -0.105. The zero-order valence-corrected chi connectivity index (χ0v) is 13.4. The van der Waals surface area contributed by atoms with Crippen molar-refractivity contribution in [3.63, 3.8) is 0 Å². The van der Waals surface area contributed by atoms with E-state index in [-0.39, 0.29) is 10.8 Å². The lowest BCUT2D eigenvalue weighted by atomic mass is 10.2. The van der Waals surface area contributed by atoms with Crippen molar-refractivity contribution in [3.8, 4) is 0 Å². The van der Waals surface area contributed by atoms with E-state index in [4.69, 9.17) is 23.8 Å². The molecule has 1 aromatic carbocycles. The van der Waals surface area contributed by atoms with Crippen molar-refractivity contribution in [2.75, 3.05) is 23.5 Å². The number of benzene rings is 1. The topological polar surface area (TPSA) is 24.1 Å². The van der Waals surface area contributed by atoms with Gasteiger partial charge in [0.1, 0.15) is 5.82 Å². The summed E-state index contributed by atoms with van der Waals surface area (Å²) in [6.07, 6.45) is -4.28. The molecule has 0 radical (unpaired) electrons. The highest BCUT2D eigenvalue weighted by molar-refractivity contribution is 7.99. The minimum absolute atomic E-state index is 0.0253. The number of anilines is 1. The smallest absolute Gasteiger partial charge is 0.361 e. The van der Waals surface area contributed by atoms with Crippen LogP contribution in [0.5, 0.6) is 0 Å². The van der Waals surface area contributed by atoms with E-state index in [1.165, 1.54) is 12.1 Å². The van der Waals surface area contributed by atoms with Crippen molar-refractivity contribution in [2.45, 2.75) is 18.0 Å². The summed E-state index contributed by atoms with van der Waals surface area (Å²) < 4.78 is 50.5. The predicted molar refractivity (Wildman–Crippen MR) is 82.9 cm³/mol. The van der Waals surface area contributed by atoms with Crippen LogP contribution in [0.25, 0.3) is 0 Å². The molecule has 2 N–H and O–H groups in total. The van der Waals surface area contributed by atoms with Crippen LogP contribution < -0.4 is 10.6 Å². The first-order valence-electron chi connectivity index (χ1n) is 5.83. The Bertz CT molecular complexity index is 509. The van der Waals surface area contributed by atoms with E-state index in [1.54, 1.807) is 6.92 Å². The van der Waals surface area contributed by atoms with E-state index in [2.05, 4.69) is 10.6 Å². The number of halogens is 5. The molecule has 0 fully saturated rings. The second kappa shape index (κ2) is 8.05. The van der Waals surface area contributed by atoms with Gasteiger partial charge in [0, 0.05) is 17.3 Å². The van der Waals surface area contributed by atoms with Crippen molar-refractivity contribution in [1.29, 1.82) is 0 Å². The Morgan fingerprint density at radius 1 is 1.38 bits per heavy atom. The molecule has 0 saturated heterocycles. The van der Waals surface area contributed by atoms with Gasteiger partial charge in [0.2, 0.25) is 0 Å². The SMILES string of the molecule is Cc1cc(F)c(NC(=S)NCCCl)cc1SCC(F)(F)F. The molecule has 0 saturated carbocycles. The number of nitrogens with one attached hydrogen (secondary N) is 2. The van der Waals surface area contributed by atoms with Gasteiger partial charge in [-0.25, -0.2) is 4.39 Å². The number of aryl methyl sites for hydroxylation is 1. The molecule has 0 amide bonds. The molecular formula is C12H13ClF4N2S2. The summed E-state index contributed by atoms with van der Waals surface area (Å²) >= 11 is 11.0. The fourth-order valence-electron chi connectivity index (χ4n) is 1.39. The van der Waals surface area contributed by atoms with Gasteiger partial charge < -0.3 is 10.6 Å². The van der Waals surface area contributed by atoms with Crippen molar-refractivity contribution >= 4 is 46.4 Å². The number of alkyl halides is 4. The number of rotatable bonds is 5. The van der Waals surface area contributed by atoms with Crippen molar-refractivity contribution in [2.24, 2.45) is 0 Å². The van der Waals surface area contributed by atoms with E-state index < -0.39 is 17.7 Å². The standard InChI is InChI=1S/C12H13ClF4N2S2/c1-7-4-8(14)9(19-11(20)18-3-2-13)5-10(7)21-6-12(15,16)17/h4-5H,2-3,6H2,1H3,(H2,18,19,20). The number of thioether (sulfide) groups is 1. The summed E-state index contributed by atoms with van der Waals surface area (Å²) in [6, 6.07) is 2.49. The highest BCUT2D eigenvalue weighted by Crippen LogP contribution is 2.32. The molecule has 118 valence electrons. The molecule has 2 nitrogen and oxygen atoms in total. The van der Waals surface area contributed by atoms with Crippen LogP contribution in [0.15, 0.2) is 17.0 Å². The van der Waals surface area contributed by atoms with Crippen LogP contribution in [0.4, 0.5) is 23.2 Å². The Morgan fingerprint density at radius 2 is 2.05 bits per heavy atom. The van der Waals surface area contributed by atoms with Gasteiger partial charge in [-0.3, -0.25) is 0 Å². The Labute approximate surface area is 134 Å². The van der Waals surface area contributed by atoms with Crippen LogP contribution in [-0.4, -0.2) is 29.5 Å². The maximum absolute atomic E-state index is 13.8. The lowest BCUT2D eigenvalue weighted by Gasteiger charge is -2.14. The van der Waals surface area contributed by atoms with Gasteiger partial charge >= 0.3 is 6.18 Å². The van der Waals surface area contributed by atoms with Crippen LogP contribution in [0.3, 0.4) is 0 Å². The van der Waals surface area contributed by atoms with E-state index in [0.717, 1.165) is 0 Å². The highest BCUT2D eigenvalue weighted by atomic mass is 35.5. The minimum Gasteiger partial charge on any atom is -0.361 e. The van der Waals surface area contributed by atoms with Gasteiger partial charge in [-0.2, -0.15) is 13.2 Å². The van der Waals surface area contributed by atoms with Crippen LogP contribution in [0.2, 0.25) is 0 Å². The molecule has 0 heterocycles. The monoisotopic (exact) mass is 360 g/mol. The van der Waals surface area contributed by atoms with Gasteiger partial charge in [0.05, 0.1) is 11.4 Å². The van der Waals surface area contributed by atoms with E-state index >= 15 is 0 Å². The molecule has 1 aromatic rings. The quantitative estimate of drug-likeness (QED) is 0.353. The second-order valence-corrected chi connectivity index (χ2v) is 5.87. The van der Waals surface area contributed by atoms with Gasteiger partial charge in [-0.05, 0) is 36.8 Å². The normalized spacial score (nSPS) is 11.3. The summed E-state index contributed by atoms with van der Waals surface area (Å²) in [4.78, 5) is 0.344. The van der Waals surface area contributed by atoms with Crippen molar-refractivity contribution < 1.29 is 17.6 Å². The molecule has 0 atom stereocenters. The summed E-state index contributed by atoms with van der Waals surface area (Å²) in [5, 5.41) is 5.49. The maximum Gasteiger partial charge on any atom is 0.398 e. The van der Waals surface area contributed by atoms with E-state index in [9.17, 15) is 17.6 Å². The first kappa shape index (κ1) is 18.3. The first-order valence-corrected chi connectivity index (χ1v) is 7.76. The molecule has 1 rings (SSSR count). The average molecular weight is 361 g/mol. The van der Waals surface area contributed by atoms with Crippen LogP contribution in [-0.2, 0) is 0 Å². The van der Waals surface area contributed by atoms with E-state index in [1.807, 2.05) is 0 Å². The molecule has 9 heteroatoms. The third kappa shape index (κ3) is 6.71. The van der Waals surface area contributed by atoms with Crippen LogP contribution in [0, 0.1) is 12.7 Å². The Hall–Kier alpha value is -0.730. The third-order valence-electron chi connectivity index (χ3n) is 2.28. The minimum atomic E-state index is -4.28. The average Bonchev–Trinajstić information content (AvgIpc) is 2.37. The molecular weight excluding hydrogens is 348 g/mol. The highest BCUT2D eigenvalue weighted by Gasteiger charge is 2.27. The fourth-order valence-corrected chi connectivity index (χ4v) is 2.50. The molecule has 0 aliphatic carbocycles. The van der Waals surface area contributed by atoms with Gasteiger partial charge in [-0.15, -0.1) is 23.4 Å². The Balaban J connectivity index is 2.83. The Kier molecular flexibility index (Phi) is 7.02. The molecule has 0 unspecified atom stereocenters. The van der Waals surface area contributed by atoms with Crippen molar-refractivity contribution in [3.05, 3.63) is 23.5 Å². The molecule has 0 bridgehead atoms. The number of hydrogen-bond acceptors (Lipinski definition) is 2. The summed E-state index contributed by atoms with van der Waals surface area (Å²) in [7, 11) is 0. The van der Waals surface area contributed by atoms with E-state index in [0.29, 0.717) is 34.6 Å².